The van der Waals surface area contributed by atoms with Crippen molar-refractivity contribution < 1.29 is 18.7 Å². The van der Waals surface area contributed by atoms with Gasteiger partial charge in [-0.1, -0.05) is 30.3 Å². The second-order valence-electron chi connectivity index (χ2n) is 7.40. The van der Waals surface area contributed by atoms with Crippen LogP contribution in [0.3, 0.4) is 0 Å². The first kappa shape index (κ1) is 19.1. The lowest BCUT2D eigenvalue weighted by atomic mass is 10.0. The monoisotopic (exact) mass is 414 g/mol. The Hall–Kier alpha value is -3.93. The fourth-order valence-corrected chi connectivity index (χ4v) is 4.18. The van der Waals surface area contributed by atoms with Crippen LogP contribution >= 0.6 is 0 Å². The molecule has 0 saturated heterocycles. The summed E-state index contributed by atoms with van der Waals surface area (Å²) >= 11 is 0. The molecule has 0 radical (unpaired) electrons. The molecule has 5 nitrogen and oxygen atoms in total. The van der Waals surface area contributed by atoms with Gasteiger partial charge in [-0.2, -0.15) is 0 Å². The van der Waals surface area contributed by atoms with Crippen molar-refractivity contribution in [3.05, 3.63) is 95.4 Å². The summed E-state index contributed by atoms with van der Waals surface area (Å²) in [7, 11) is 1.57. The van der Waals surface area contributed by atoms with Crippen molar-refractivity contribution >= 4 is 28.8 Å². The number of halogens is 1. The van der Waals surface area contributed by atoms with Gasteiger partial charge in [0.15, 0.2) is 0 Å². The number of carbonyl (C=O) groups is 2. The fraction of sp³-hybridized carbons (Fsp3) is 0.120. The highest BCUT2D eigenvalue weighted by molar-refractivity contribution is 6.46. The van der Waals surface area contributed by atoms with E-state index >= 15 is 0 Å². The van der Waals surface area contributed by atoms with E-state index in [-0.39, 0.29) is 0 Å². The van der Waals surface area contributed by atoms with E-state index in [0.717, 1.165) is 22.6 Å². The maximum absolute atomic E-state index is 13.6. The minimum Gasteiger partial charge on any atom is -0.497 e. The molecule has 0 aliphatic carbocycles. The van der Waals surface area contributed by atoms with Crippen molar-refractivity contribution in [3.63, 3.8) is 0 Å². The number of amides is 2. The van der Waals surface area contributed by atoms with Gasteiger partial charge < -0.3 is 9.64 Å². The van der Waals surface area contributed by atoms with Gasteiger partial charge in [-0.05, 0) is 60.0 Å². The smallest absolute Gasteiger partial charge is 0.282 e. The van der Waals surface area contributed by atoms with Crippen LogP contribution in [-0.4, -0.2) is 25.5 Å². The minimum absolute atomic E-state index is 0.327. The zero-order valence-electron chi connectivity index (χ0n) is 16.8. The number of fused-ring (bicyclic) bond motifs is 1. The van der Waals surface area contributed by atoms with E-state index in [0.29, 0.717) is 34.8 Å². The molecular formula is C25H19FN2O3. The first-order valence-electron chi connectivity index (χ1n) is 9.97. The Morgan fingerprint density at radius 1 is 0.871 bits per heavy atom. The van der Waals surface area contributed by atoms with Crippen LogP contribution in [0.15, 0.2) is 78.5 Å². The Balaban J connectivity index is 1.67. The summed E-state index contributed by atoms with van der Waals surface area (Å²) in [6, 6.07) is 20.3. The highest BCUT2D eigenvalue weighted by atomic mass is 19.1. The average molecular weight is 414 g/mol. The number of hydrogen-bond acceptors (Lipinski definition) is 4. The molecule has 2 aliphatic rings. The molecule has 0 saturated carbocycles. The van der Waals surface area contributed by atoms with Gasteiger partial charge in [0.25, 0.3) is 11.8 Å². The number of imide groups is 1. The SMILES string of the molecule is COc1ccc(C2=C(N3CCc4ccccc43)C(=O)N(c3ccc(F)cc3)C2=O)cc1. The number of anilines is 2. The van der Waals surface area contributed by atoms with Crippen LogP contribution in [-0.2, 0) is 16.0 Å². The molecule has 0 N–H and O–H groups in total. The summed E-state index contributed by atoms with van der Waals surface area (Å²) in [4.78, 5) is 30.2. The third-order valence-electron chi connectivity index (χ3n) is 5.68. The van der Waals surface area contributed by atoms with Crippen molar-refractivity contribution in [2.75, 3.05) is 23.5 Å². The molecule has 2 amide bonds. The number of benzene rings is 3. The Morgan fingerprint density at radius 3 is 2.29 bits per heavy atom. The molecular weight excluding hydrogens is 395 g/mol. The number of carbonyl (C=O) groups excluding carboxylic acids is 2. The highest BCUT2D eigenvalue weighted by Gasteiger charge is 2.44. The summed E-state index contributed by atoms with van der Waals surface area (Å²) in [5, 5.41) is 0. The normalized spacial score (nSPS) is 15.7. The second-order valence-corrected chi connectivity index (χ2v) is 7.40. The van der Waals surface area contributed by atoms with Gasteiger partial charge in [-0.3, -0.25) is 9.59 Å². The third kappa shape index (κ3) is 3.08. The summed E-state index contributed by atoms with van der Waals surface area (Å²) in [5.74, 6) is -0.621. The van der Waals surface area contributed by atoms with Gasteiger partial charge in [0.1, 0.15) is 17.3 Å². The summed E-state index contributed by atoms with van der Waals surface area (Å²) in [6.07, 6.45) is 0.785. The molecule has 3 aromatic rings. The van der Waals surface area contributed by atoms with Crippen molar-refractivity contribution in [1.82, 2.24) is 0 Å². The molecule has 5 rings (SSSR count). The molecule has 0 atom stereocenters. The van der Waals surface area contributed by atoms with Gasteiger partial charge in [0, 0.05) is 12.2 Å². The first-order chi connectivity index (χ1) is 15.1. The highest BCUT2D eigenvalue weighted by Crippen LogP contribution is 2.40. The maximum Gasteiger partial charge on any atom is 0.282 e. The summed E-state index contributed by atoms with van der Waals surface area (Å²) in [6.45, 7) is 0.602. The van der Waals surface area contributed by atoms with Gasteiger partial charge in [-0.25, -0.2) is 9.29 Å². The molecule has 0 unspecified atom stereocenters. The Morgan fingerprint density at radius 2 is 1.58 bits per heavy atom. The molecule has 6 heteroatoms. The van der Waals surface area contributed by atoms with E-state index in [1.807, 2.05) is 29.2 Å². The Labute approximate surface area is 179 Å². The van der Waals surface area contributed by atoms with E-state index in [4.69, 9.17) is 4.74 Å². The van der Waals surface area contributed by atoms with Crippen LogP contribution in [0.5, 0.6) is 5.75 Å². The number of para-hydroxylation sites is 1. The van der Waals surface area contributed by atoms with Crippen molar-refractivity contribution in [1.29, 1.82) is 0 Å². The van der Waals surface area contributed by atoms with Gasteiger partial charge in [0.2, 0.25) is 0 Å². The van der Waals surface area contributed by atoms with Crippen LogP contribution < -0.4 is 14.5 Å². The summed E-state index contributed by atoms with van der Waals surface area (Å²) < 4.78 is 18.7. The Bertz CT molecular complexity index is 1220. The predicted molar refractivity (Wildman–Crippen MR) is 116 cm³/mol. The third-order valence-corrected chi connectivity index (χ3v) is 5.68. The lowest BCUT2D eigenvalue weighted by Crippen LogP contribution is -2.34. The number of nitrogens with zero attached hydrogens (tertiary/aromatic N) is 2. The quantitative estimate of drug-likeness (QED) is 0.601. The van der Waals surface area contributed by atoms with E-state index < -0.39 is 17.6 Å². The molecule has 0 fully saturated rings. The van der Waals surface area contributed by atoms with Crippen molar-refractivity contribution in [2.24, 2.45) is 0 Å². The zero-order chi connectivity index (χ0) is 21.5. The lowest BCUT2D eigenvalue weighted by molar-refractivity contribution is -0.120. The average Bonchev–Trinajstić information content (AvgIpc) is 3.32. The van der Waals surface area contributed by atoms with Crippen LogP contribution in [0.25, 0.3) is 5.57 Å². The maximum atomic E-state index is 13.6. The topological polar surface area (TPSA) is 49.9 Å². The van der Waals surface area contributed by atoms with Gasteiger partial charge in [0.05, 0.1) is 18.4 Å². The van der Waals surface area contributed by atoms with E-state index in [1.54, 1.807) is 31.4 Å². The van der Waals surface area contributed by atoms with E-state index in [1.165, 1.54) is 24.3 Å². The van der Waals surface area contributed by atoms with Crippen molar-refractivity contribution in [2.45, 2.75) is 6.42 Å². The molecule has 3 aromatic carbocycles. The van der Waals surface area contributed by atoms with E-state index in [9.17, 15) is 14.0 Å². The molecule has 154 valence electrons. The molecule has 0 bridgehead atoms. The van der Waals surface area contributed by atoms with Crippen LogP contribution in [0.4, 0.5) is 15.8 Å². The summed E-state index contributed by atoms with van der Waals surface area (Å²) in [5.41, 5.74) is 3.68. The molecule has 0 aromatic heterocycles. The predicted octanol–water partition coefficient (Wildman–Crippen LogP) is 4.18. The standard InChI is InChI=1S/C25H19FN2O3/c1-31-20-12-6-17(7-13-20)22-23(27-15-14-16-4-2-3-5-21(16)27)25(30)28(24(22)29)19-10-8-18(26)9-11-19/h2-13H,14-15H2,1H3. The Kier molecular flexibility index (Phi) is 4.55. The zero-order valence-corrected chi connectivity index (χ0v) is 16.8. The van der Waals surface area contributed by atoms with Crippen LogP contribution in [0.1, 0.15) is 11.1 Å². The van der Waals surface area contributed by atoms with Crippen LogP contribution in [0, 0.1) is 5.82 Å². The number of ether oxygens (including phenoxy) is 1. The fourth-order valence-electron chi connectivity index (χ4n) is 4.18. The number of methoxy groups -OCH3 is 1. The minimum atomic E-state index is -0.431. The molecule has 2 aliphatic heterocycles. The molecule has 31 heavy (non-hydrogen) atoms. The van der Waals surface area contributed by atoms with Crippen molar-refractivity contribution in [3.8, 4) is 5.75 Å². The van der Waals surface area contributed by atoms with Gasteiger partial charge in [-0.15, -0.1) is 0 Å². The lowest BCUT2D eigenvalue weighted by Gasteiger charge is -2.21. The first-order valence-corrected chi connectivity index (χ1v) is 9.97. The second kappa shape index (κ2) is 7.40. The molecule has 2 heterocycles. The van der Waals surface area contributed by atoms with Gasteiger partial charge >= 0.3 is 0 Å². The number of rotatable bonds is 4. The van der Waals surface area contributed by atoms with E-state index in [2.05, 4.69) is 0 Å². The van der Waals surface area contributed by atoms with Crippen LogP contribution in [0.2, 0.25) is 0 Å². The largest absolute Gasteiger partial charge is 0.497 e. The number of hydrogen-bond donors (Lipinski definition) is 0. The molecule has 0 spiro atoms.